The number of benzene rings is 7. The molecule has 0 atom stereocenters. The highest BCUT2D eigenvalue weighted by molar-refractivity contribution is 7.33. The summed E-state index contributed by atoms with van der Waals surface area (Å²) in [5.74, 6) is 0.388. The topological polar surface area (TPSA) is 26.7 Å². The third-order valence-electron chi connectivity index (χ3n) is 16.1. The van der Waals surface area contributed by atoms with Gasteiger partial charge in [0.1, 0.15) is 37.1 Å². The van der Waals surface area contributed by atoms with E-state index in [2.05, 4.69) is 233 Å². The Morgan fingerprint density at radius 3 is 1.65 bits per heavy atom. The number of rotatable bonds is 3. The van der Waals surface area contributed by atoms with Gasteiger partial charge >= 0.3 is 0 Å². The number of phenolic OH excluding ortho intramolecular Hbond substituents is 1. The standard InChI is InChI=1S/C59H61B5N2OS/c1-56(2,3)32-16-21-35(22-17-32)65-43-25-20-34(58(7,8)9)28-42(43)64-52-44(65)26-31(47-48(60)50(62)54(67)51(63)49(47)61)27-45(52)66(36-23-18-33(19-24-36)57(4,5)6)53-39-29-38-37-14-12-13-15-40(37)59(10,11)41(38)30-46(39)68-55(53)64/h12-30,67H,60-63H2,1-11H3. The van der Waals surface area contributed by atoms with Crippen LogP contribution in [0.15, 0.2) is 115 Å². The number of hydrogen-bond acceptors (Lipinski definition) is 4. The number of hydrogen-bond donors (Lipinski definition) is 1. The van der Waals surface area contributed by atoms with Gasteiger partial charge in [-0.2, -0.15) is 0 Å². The molecule has 0 saturated carbocycles. The molecule has 0 saturated heterocycles. The van der Waals surface area contributed by atoms with Gasteiger partial charge in [0, 0.05) is 48.7 Å². The first-order valence-corrected chi connectivity index (χ1v) is 25.4. The van der Waals surface area contributed by atoms with Crippen molar-refractivity contribution in [3.63, 3.8) is 0 Å². The molecule has 0 fully saturated rings. The van der Waals surface area contributed by atoms with Crippen molar-refractivity contribution in [2.75, 3.05) is 9.80 Å². The number of anilines is 6. The molecule has 68 heavy (non-hydrogen) atoms. The lowest BCUT2D eigenvalue weighted by molar-refractivity contribution is 0.484. The van der Waals surface area contributed by atoms with Gasteiger partial charge in [0.15, 0.2) is 0 Å². The van der Waals surface area contributed by atoms with Gasteiger partial charge in [0.05, 0.1) is 5.69 Å². The highest BCUT2D eigenvalue weighted by Gasteiger charge is 2.47. The van der Waals surface area contributed by atoms with E-state index in [-0.39, 0.29) is 28.4 Å². The van der Waals surface area contributed by atoms with Crippen LogP contribution >= 0.6 is 11.3 Å². The smallest absolute Gasteiger partial charge is 0.264 e. The molecular formula is C59H61B5N2OS. The van der Waals surface area contributed by atoms with E-state index >= 15 is 0 Å². The monoisotopic (exact) mass is 900 g/mol. The van der Waals surface area contributed by atoms with Gasteiger partial charge in [0.2, 0.25) is 0 Å². The molecule has 334 valence electrons. The normalized spacial score (nSPS) is 14.7. The highest BCUT2D eigenvalue weighted by atomic mass is 32.1. The molecule has 1 aliphatic carbocycles. The SMILES string of the molecule is Bc1c(B)c(-c2cc3c4c(c2)N(c2ccc(C(C)(C)C)cc2)c2c(sc5cc6c(cc25)-c2ccccc2C6(C)C)B4c2cc(C(C)(C)C)ccc2N3c2ccc(C(C)(C)C)cc2)c(B)c(B)c1O. The van der Waals surface area contributed by atoms with E-state index in [0.29, 0.717) is 5.75 Å². The van der Waals surface area contributed by atoms with Crippen LogP contribution in [0.2, 0.25) is 0 Å². The maximum absolute atomic E-state index is 11.4. The second-order valence-corrected chi connectivity index (χ2v) is 24.8. The quantitative estimate of drug-likeness (QED) is 0.186. The summed E-state index contributed by atoms with van der Waals surface area (Å²) < 4.78 is 2.71. The Bertz CT molecular complexity index is 3410. The van der Waals surface area contributed by atoms with E-state index in [1.807, 2.05) is 11.3 Å². The van der Waals surface area contributed by atoms with E-state index in [4.69, 9.17) is 0 Å². The Balaban J connectivity index is 1.30. The van der Waals surface area contributed by atoms with Crippen LogP contribution in [0, 0.1) is 0 Å². The predicted octanol–water partition coefficient (Wildman–Crippen LogP) is 7.59. The molecule has 1 aromatic heterocycles. The summed E-state index contributed by atoms with van der Waals surface area (Å²) in [6.07, 6.45) is 0. The number of aromatic hydroxyl groups is 1. The molecule has 0 unspecified atom stereocenters. The lowest BCUT2D eigenvalue weighted by atomic mass is 9.36. The molecule has 8 aromatic rings. The second-order valence-electron chi connectivity index (χ2n) is 23.8. The van der Waals surface area contributed by atoms with Gasteiger partial charge in [-0.1, -0.05) is 159 Å². The van der Waals surface area contributed by atoms with E-state index in [9.17, 15) is 5.11 Å². The predicted molar refractivity (Wildman–Crippen MR) is 309 cm³/mol. The fraction of sp³-hybridized carbons (Fsp3) is 0.254. The molecule has 0 spiro atoms. The zero-order valence-electron chi connectivity index (χ0n) is 42.8. The molecule has 11 rings (SSSR count). The maximum atomic E-state index is 11.4. The minimum Gasteiger partial charge on any atom is -0.509 e. The first-order valence-electron chi connectivity index (χ1n) is 24.6. The van der Waals surface area contributed by atoms with Gasteiger partial charge in [-0.25, -0.2) is 0 Å². The maximum Gasteiger partial charge on any atom is 0.264 e. The van der Waals surface area contributed by atoms with Crippen LogP contribution in [0.1, 0.15) is 104 Å². The largest absolute Gasteiger partial charge is 0.509 e. The summed E-state index contributed by atoms with van der Waals surface area (Å²) in [4.78, 5) is 5.19. The van der Waals surface area contributed by atoms with E-state index < -0.39 is 0 Å². The number of nitrogens with zero attached hydrogens (tertiary/aromatic N) is 2. The molecule has 3 aliphatic rings. The van der Waals surface area contributed by atoms with Gasteiger partial charge < -0.3 is 14.9 Å². The highest BCUT2D eigenvalue weighted by Crippen LogP contribution is 2.54. The summed E-state index contributed by atoms with van der Waals surface area (Å²) >= 11 is 1.99. The van der Waals surface area contributed by atoms with Crippen molar-refractivity contribution in [2.24, 2.45) is 0 Å². The van der Waals surface area contributed by atoms with Gasteiger partial charge in [-0.05, 0) is 132 Å². The van der Waals surface area contributed by atoms with Crippen LogP contribution in [-0.4, -0.2) is 43.2 Å². The van der Waals surface area contributed by atoms with Gasteiger partial charge in [-0.3, -0.25) is 0 Å². The van der Waals surface area contributed by atoms with Crippen LogP contribution in [-0.2, 0) is 21.7 Å². The average Bonchev–Trinajstić information content (AvgIpc) is 3.77. The van der Waals surface area contributed by atoms with Crippen molar-refractivity contribution < 1.29 is 5.11 Å². The van der Waals surface area contributed by atoms with Crippen LogP contribution in [0.4, 0.5) is 34.1 Å². The molecule has 3 nitrogen and oxygen atoms in total. The summed E-state index contributed by atoms with van der Waals surface area (Å²) in [6.45, 7) is 25.6. The molecule has 0 bridgehead atoms. The zero-order valence-corrected chi connectivity index (χ0v) is 43.6. The van der Waals surface area contributed by atoms with E-state index in [1.165, 1.54) is 93.0 Å². The molecule has 3 heterocycles. The van der Waals surface area contributed by atoms with Gasteiger partial charge in [0.25, 0.3) is 6.71 Å². The molecule has 7 aromatic carbocycles. The Kier molecular flexibility index (Phi) is 9.77. The van der Waals surface area contributed by atoms with Crippen molar-refractivity contribution in [1.82, 2.24) is 0 Å². The Morgan fingerprint density at radius 2 is 1.07 bits per heavy atom. The number of thiophene rings is 1. The molecule has 0 amide bonds. The minimum atomic E-state index is -0.115. The summed E-state index contributed by atoms with van der Waals surface area (Å²) in [5.41, 5.74) is 25.6. The molecule has 0 radical (unpaired) electrons. The van der Waals surface area contributed by atoms with Crippen molar-refractivity contribution in [3.8, 4) is 28.0 Å². The minimum absolute atomic E-state index is 0.00669. The fourth-order valence-corrected chi connectivity index (χ4v) is 13.1. The zero-order chi connectivity index (χ0) is 48.3. The summed E-state index contributed by atoms with van der Waals surface area (Å²) in [7, 11) is 8.50. The fourth-order valence-electron chi connectivity index (χ4n) is 11.8. The van der Waals surface area contributed by atoms with Crippen molar-refractivity contribution >= 4 is 131 Å². The molecular weight excluding hydrogens is 839 g/mol. The Hall–Kier alpha value is -5.78. The van der Waals surface area contributed by atoms with E-state index in [1.54, 1.807) is 0 Å². The average molecular weight is 900 g/mol. The number of phenols is 1. The third-order valence-corrected chi connectivity index (χ3v) is 17.3. The lowest BCUT2D eigenvalue weighted by Crippen LogP contribution is -2.60. The van der Waals surface area contributed by atoms with Crippen LogP contribution in [0.3, 0.4) is 0 Å². The van der Waals surface area contributed by atoms with Gasteiger partial charge in [-0.15, -0.1) is 11.3 Å². The molecule has 9 heteroatoms. The summed E-state index contributed by atoms with van der Waals surface area (Å²) in [5, 5.41) is 12.7. The molecule has 1 N–H and O–H groups in total. The lowest BCUT2D eigenvalue weighted by Gasteiger charge is -2.44. The van der Waals surface area contributed by atoms with Crippen LogP contribution in [0.5, 0.6) is 5.75 Å². The van der Waals surface area contributed by atoms with E-state index in [0.717, 1.165) is 38.8 Å². The first kappa shape index (κ1) is 44.7. The van der Waals surface area contributed by atoms with Crippen LogP contribution in [0.25, 0.3) is 32.3 Å². The number of fused-ring (bicyclic) bond motifs is 9. The third kappa shape index (κ3) is 6.50. The molecule has 2 aliphatic heterocycles. The second kappa shape index (κ2) is 14.9. The summed E-state index contributed by atoms with van der Waals surface area (Å²) in [6, 6.07) is 45.2. The Morgan fingerprint density at radius 1 is 0.544 bits per heavy atom. The first-order chi connectivity index (χ1) is 32.0. The van der Waals surface area contributed by atoms with Crippen molar-refractivity contribution in [1.29, 1.82) is 0 Å². The Labute approximate surface area is 412 Å². The van der Waals surface area contributed by atoms with Crippen LogP contribution < -0.4 is 47.4 Å². The van der Waals surface area contributed by atoms with Crippen molar-refractivity contribution in [2.45, 2.75) is 97.8 Å². The van der Waals surface area contributed by atoms with Crippen molar-refractivity contribution in [3.05, 3.63) is 143 Å².